The zero-order valence-electron chi connectivity index (χ0n) is 12.4. The van der Waals surface area contributed by atoms with E-state index >= 15 is 0 Å². The topological polar surface area (TPSA) is 66.8 Å². The van der Waals surface area contributed by atoms with E-state index in [1.54, 1.807) is 0 Å². The van der Waals surface area contributed by atoms with Gasteiger partial charge in [-0.3, -0.25) is 4.90 Å². The number of carbonyl (C=O) groups is 2. The Morgan fingerprint density at radius 2 is 1.90 bits per heavy atom. The van der Waals surface area contributed by atoms with Gasteiger partial charge in [-0.2, -0.15) is 0 Å². The number of piperidine rings is 1. The van der Waals surface area contributed by atoms with Crippen LogP contribution in [0, 0.1) is 5.92 Å². The molecule has 0 saturated carbocycles. The van der Waals surface area contributed by atoms with Crippen LogP contribution in [0.25, 0.3) is 0 Å². The summed E-state index contributed by atoms with van der Waals surface area (Å²) in [5.74, 6) is -1.03. The van der Waals surface area contributed by atoms with Crippen LogP contribution in [0.1, 0.15) is 32.3 Å². The van der Waals surface area contributed by atoms with Crippen LogP contribution in [0.15, 0.2) is 30.3 Å². The van der Waals surface area contributed by atoms with Crippen LogP contribution in [0.5, 0.6) is 0 Å². The van der Waals surface area contributed by atoms with Gasteiger partial charge in [0.2, 0.25) is 0 Å². The van der Waals surface area contributed by atoms with Gasteiger partial charge in [0.25, 0.3) is 0 Å². The summed E-state index contributed by atoms with van der Waals surface area (Å²) in [5, 5.41) is 9.38. The molecule has 5 nitrogen and oxygen atoms in total. The Labute approximate surface area is 124 Å². The molecule has 1 aliphatic rings. The molecule has 21 heavy (non-hydrogen) atoms. The first kappa shape index (κ1) is 15.4. The Kier molecular flexibility index (Phi) is 4.83. The smallest absolute Gasteiger partial charge is 0.411 e. The Morgan fingerprint density at radius 1 is 1.24 bits per heavy atom. The van der Waals surface area contributed by atoms with Crippen LogP contribution in [-0.4, -0.2) is 34.2 Å². The fourth-order valence-electron chi connectivity index (χ4n) is 2.80. The molecule has 1 heterocycles. The molecule has 5 heteroatoms. The van der Waals surface area contributed by atoms with Gasteiger partial charge in [-0.1, -0.05) is 37.3 Å². The monoisotopic (exact) mass is 291 g/mol. The lowest BCUT2D eigenvalue weighted by atomic mass is 9.87. The first-order valence-corrected chi connectivity index (χ1v) is 7.22. The summed E-state index contributed by atoms with van der Waals surface area (Å²) in [4.78, 5) is 25.1. The highest BCUT2D eigenvalue weighted by Crippen LogP contribution is 2.28. The van der Waals surface area contributed by atoms with Crippen LogP contribution in [0.3, 0.4) is 0 Å². The van der Waals surface area contributed by atoms with Crippen molar-refractivity contribution < 1.29 is 19.4 Å². The molecule has 1 aromatic rings. The largest absolute Gasteiger partial charge is 0.480 e. The lowest BCUT2D eigenvalue weighted by molar-refractivity contribution is -0.147. The predicted molar refractivity (Wildman–Crippen MR) is 77.7 cm³/mol. The molecule has 1 fully saturated rings. The van der Waals surface area contributed by atoms with Gasteiger partial charge in [0, 0.05) is 6.04 Å². The number of rotatable bonds is 3. The molecule has 1 amide bonds. The number of carboxylic acids is 1. The molecule has 1 saturated heterocycles. The van der Waals surface area contributed by atoms with Crippen LogP contribution in [0.4, 0.5) is 4.79 Å². The maximum atomic E-state index is 12.3. The molecule has 0 aliphatic carbocycles. The van der Waals surface area contributed by atoms with Crippen molar-refractivity contribution in [3.63, 3.8) is 0 Å². The second-order valence-corrected chi connectivity index (χ2v) is 5.63. The fraction of sp³-hybridized carbons (Fsp3) is 0.500. The average Bonchev–Trinajstić information content (AvgIpc) is 2.47. The van der Waals surface area contributed by atoms with E-state index in [2.05, 4.69) is 0 Å². The highest BCUT2D eigenvalue weighted by atomic mass is 16.6. The number of carboxylic acid groups (broad SMARTS) is 1. The van der Waals surface area contributed by atoms with E-state index in [4.69, 9.17) is 4.74 Å². The second kappa shape index (κ2) is 6.61. The fourth-order valence-corrected chi connectivity index (χ4v) is 2.80. The summed E-state index contributed by atoms with van der Waals surface area (Å²) in [6.45, 7) is 3.89. The standard InChI is InChI=1S/C16H21NO4/c1-11-8-9-12(2)17(14(11)15(18)19)16(20)21-10-13-6-4-3-5-7-13/h3-7,11-12,14H,8-10H2,1-2H3,(H,18,19). The minimum atomic E-state index is -0.967. The Balaban J connectivity index is 2.06. The summed E-state index contributed by atoms with van der Waals surface area (Å²) in [6.07, 6.45) is 1.05. The Bertz CT molecular complexity index is 502. The number of nitrogens with zero attached hydrogens (tertiary/aromatic N) is 1. The van der Waals surface area contributed by atoms with Gasteiger partial charge in [-0.15, -0.1) is 0 Å². The van der Waals surface area contributed by atoms with Crippen molar-refractivity contribution in [2.45, 2.75) is 45.4 Å². The van der Waals surface area contributed by atoms with Crippen molar-refractivity contribution in [1.29, 1.82) is 0 Å². The van der Waals surface area contributed by atoms with Gasteiger partial charge >= 0.3 is 12.1 Å². The van der Waals surface area contributed by atoms with Gasteiger partial charge in [-0.05, 0) is 31.2 Å². The molecule has 0 aromatic heterocycles. The van der Waals surface area contributed by atoms with Crippen LogP contribution in [-0.2, 0) is 16.1 Å². The average molecular weight is 291 g/mol. The highest BCUT2D eigenvalue weighted by molar-refractivity contribution is 5.80. The van der Waals surface area contributed by atoms with Gasteiger partial charge in [0.1, 0.15) is 12.6 Å². The molecule has 0 spiro atoms. The van der Waals surface area contributed by atoms with Crippen molar-refractivity contribution in [2.75, 3.05) is 0 Å². The summed E-state index contributed by atoms with van der Waals surface area (Å²) in [7, 11) is 0. The molecule has 2 rings (SSSR count). The first-order chi connectivity index (χ1) is 10.0. The van der Waals surface area contributed by atoms with Crippen molar-refractivity contribution in [2.24, 2.45) is 5.92 Å². The van der Waals surface area contributed by atoms with Gasteiger partial charge in [0.15, 0.2) is 0 Å². The third kappa shape index (κ3) is 3.54. The molecule has 1 aromatic carbocycles. The third-order valence-electron chi connectivity index (χ3n) is 4.02. The predicted octanol–water partition coefficient (Wildman–Crippen LogP) is 2.90. The molecule has 114 valence electrons. The summed E-state index contributed by atoms with van der Waals surface area (Å²) < 4.78 is 5.29. The number of ether oxygens (including phenoxy) is 1. The van der Waals surface area contributed by atoms with Crippen molar-refractivity contribution >= 4 is 12.1 Å². The zero-order valence-corrected chi connectivity index (χ0v) is 12.4. The Morgan fingerprint density at radius 3 is 2.52 bits per heavy atom. The first-order valence-electron chi connectivity index (χ1n) is 7.22. The maximum Gasteiger partial charge on any atom is 0.411 e. The van der Waals surface area contributed by atoms with Crippen molar-refractivity contribution in [1.82, 2.24) is 4.90 Å². The van der Waals surface area contributed by atoms with E-state index < -0.39 is 18.1 Å². The molecule has 0 radical (unpaired) electrons. The van der Waals surface area contributed by atoms with E-state index in [1.807, 2.05) is 44.2 Å². The minimum Gasteiger partial charge on any atom is -0.480 e. The highest BCUT2D eigenvalue weighted by Gasteiger charge is 2.41. The van der Waals surface area contributed by atoms with Crippen LogP contribution in [0.2, 0.25) is 0 Å². The minimum absolute atomic E-state index is 0.0667. The number of aliphatic carboxylic acids is 1. The molecule has 1 N–H and O–H groups in total. The zero-order chi connectivity index (χ0) is 15.4. The molecule has 1 aliphatic heterocycles. The number of likely N-dealkylation sites (tertiary alicyclic amines) is 1. The van der Waals surface area contributed by atoms with Gasteiger partial charge in [-0.25, -0.2) is 9.59 Å². The number of hydrogen-bond acceptors (Lipinski definition) is 3. The summed E-state index contributed by atoms with van der Waals surface area (Å²) in [6, 6.07) is 8.43. The molecule has 3 atom stereocenters. The normalized spacial score (nSPS) is 25.4. The lowest BCUT2D eigenvalue weighted by Crippen LogP contribution is -2.55. The van der Waals surface area contributed by atoms with Crippen LogP contribution >= 0.6 is 0 Å². The van der Waals surface area contributed by atoms with E-state index in [-0.39, 0.29) is 18.6 Å². The quantitative estimate of drug-likeness (QED) is 0.930. The number of amides is 1. The summed E-state index contributed by atoms with van der Waals surface area (Å²) >= 11 is 0. The maximum absolute atomic E-state index is 12.3. The number of hydrogen-bond donors (Lipinski definition) is 1. The molecular formula is C16H21NO4. The molecule has 0 bridgehead atoms. The molecular weight excluding hydrogens is 270 g/mol. The summed E-state index contributed by atoms with van der Waals surface area (Å²) in [5.41, 5.74) is 0.885. The van der Waals surface area contributed by atoms with E-state index in [0.717, 1.165) is 18.4 Å². The van der Waals surface area contributed by atoms with Crippen molar-refractivity contribution in [3.8, 4) is 0 Å². The van der Waals surface area contributed by atoms with Crippen molar-refractivity contribution in [3.05, 3.63) is 35.9 Å². The second-order valence-electron chi connectivity index (χ2n) is 5.63. The van der Waals surface area contributed by atoms with E-state index in [0.29, 0.717) is 0 Å². The van der Waals surface area contributed by atoms with E-state index in [1.165, 1.54) is 4.90 Å². The Hall–Kier alpha value is -2.04. The van der Waals surface area contributed by atoms with Gasteiger partial charge in [0.05, 0.1) is 0 Å². The van der Waals surface area contributed by atoms with E-state index in [9.17, 15) is 14.7 Å². The van der Waals surface area contributed by atoms with Gasteiger partial charge < -0.3 is 9.84 Å². The third-order valence-corrected chi connectivity index (χ3v) is 4.02. The lowest BCUT2D eigenvalue weighted by Gasteiger charge is -2.41. The number of carbonyl (C=O) groups excluding carboxylic acids is 1. The molecule has 3 unspecified atom stereocenters. The SMILES string of the molecule is CC1CCC(C)N(C(=O)OCc2ccccc2)C1C(=O)O. The number of benzene rings is 1. The van der Waals surface area contributed by atoms with Crippen LogP contribution < -0.4 is 0 Å².